The Labute approximate surface area is 188 Å². The highest BCUT2D eigenvalue weighted by atomic mass is 35.5. The van der Waals surface area contributed by atoms with Crippen LogP contribution >= 0.6 is 23.2 Å². The van der Waals surface area contributed by atoms with E-state index in [9.17, 15) is 14.0 Å². The average Bonchev–Trinajstić information content (AvgIpc) is 3.29. The SMILES string of the molecule is O=C1C(c2ccc(Cl)cc2)=C(N2CCc3ccccc32)C(=O)N1c1ccc(F)c(Cl)c1. The summed E-state index contributed by atoms with van der Waals surface area (Å²) in [6.45, 7) is 0.572. The molecule has 0 saturated heterocycles. The van der Waals surface area contributed by atoms with Crippen molar-refractivity contribution in [2.45, 2.75) is 6.42 Å². The second-order valence-corrected chi connectivity index (χ2v) is 8.15. The molecule has 5 rings (SSSR count). The Morgan fingerprint density at radius 2 is 1.61 bits per heavy atom. The van der Waals surface area contributed by atoms with Gasteiger partial charge in [0.1, 0.15) is 11.5 Å². The number of rotatable bonds is 3. The molecule has 0 atom stereocenters. The van der Waals surface area contributed by atoms with Gasteiger partial charge in [-0.15, -0.1) is 0 Å². The van der Waals surface area contributed by atoms with Gasteiger partial charge < -0.3 is 4.90 Å². The second-order valence-electron chi connectivity index (χ2n) is 7.30. The van der Waals surface area contributed by atoms with Gasteiger partial charge in [-0.25, -0.2) is 9.29 Å². The Balaban J connectivity index is 1.68. The molecule has 3 aromatic rings. The molecule has 0 aromatic heterocycles. The van der Waals surface area contributed by atoms with Crippen molar-refractivity contribution >= 4 is 52.0 Å². The summed E-state index contributed by atoms with van der Waals surface area (Å²) in [5.74, 6) is -1.59. The zero-order valence-corrected chi connectivity index (χ0v) is 17.6. The van der Waals surface area contributed by atoms with Gasteiger partial charge in [-0.2, -0.15) is 0 Å². The number of fused-ring (bicyclic) bond motifs is 1. The number of anilines is 2. The smallest absolute Gasteiger partial charge is 0.282 e. The molecule has 31 heavy (non-hydrogen) atoms. The van der Waals surface area contributed by atoms with Crippen LogP contribution in [0.3, 0.4) is 0 Å². The highest BCUT2D eigenvalue weighted by Crippen LogP contribution is 2.40. The van der Waals surface area contributed by atoms with E-state index >= 15 is 0 Å². The third-order valence-electron chi connectivity index (χ3n) is 5.51. The van der Waals surface area contributed by atoms with Gasteiger partial charge in [-0.1, -0.05) is 53.5 Å². The van der Waals surface area contributed by atoms with Crippen LogP contribution in [-0.2, 0) is 16.0 Å². The second kappa shape index (κ2) is 7.52. The van der Waals surface area contributed by atoms with E-state index in [4.69, 9.17) is 23.2 Å². The van der Waals surface area contributed by atoms with E-state index < -0.39 is 17.6 Å². The molecule has 7 heteroatoms. The predicted octanol–water partition coefficient (Wildman–Crippen LogP) is 5.48. The Hall–Kier alpha value is -3.15. The van der Waals surface area contributed by atoms with E-state index in [1.54, 1.807) is 24.3 Å². The lowest BCUT2D eigenvalue weighted by Gasteiger charge is -2.22. The molecule has 0 N–H and O–H groups in total. The lowest BCUT2D eigenvalue weighted by Crippen LogP contribution is -2.34. The molecule has 2 aliphatic rings. The fourth-order valence-electron chi connectivity index (χ4n) is 4.07. The van der Waals surface area contributed by atoms with Crippen LogP contribution in [0, 0.1) is 5.82 Å². The normalized spacial score (nSPS) is 15.8. The third-order valence-corrected chi connectivity index (χ3v) is 6.05. The zero-order valence-electron chi connectivity index (χ0n) is 16.1. The minimum absolute atomic E-state index is 0.161. The Morgan fingerprint density at radius 1 is 0.871 bits per heavy atom. The third kappa shape index (κ3) is 3.21. The number of para-hydroxylation sites is 1. The van der Waals surface area contributed by atoms with Gasteiger partial charge in [0, 0.05) is 17.3 Å². The maximum Gasteiger partial charge on any atom is 0.282 e. The van der Waals surface area contributed by atoms with Gasteiger partial charge in [-0.05, 0) is 53.9 Å². The van der Waals surface area contributed by atoms with Gasteiger partial charge in [0.25, 0.3) is 11.8 Å². The van der Waals surface area contributed by atoms with Crippen LogP contribution in [0.2, 0.25) is 10.0 Å². The summed E-state index contributed by atoms with van der Waals surface area (Å²) in [6, 6.07) is 18.4. The molecule has 2 heterocycles. The summed E-state index contributed by atoms with van der Waals surface area (Å²) in [6.07, 6.45) is 0.761. The van der Waals surface area contributed by atoms with Gasteiger partial charge in [0.05, 0.1) is 16.3 Å². The van der Waals surface area contributed by atoms with Crippen LogP contribution in [0.1, 0.15) is 11.1 Å². The van der Waals surface area contributed by atoms with Gasteiger partial charge in [0.15, 0.2) is 0 Å². The van der Waals surface area contributed by atoms with Crippen LogP contribution in [0.15, 0.2) is 72.4 Å². The number of carbonyl (C=O) groups excluding carboxylic acids is 2. The predicted molar refractivity (Wildman–Crippen MR) is 120 cm³/mol. The van der Waals surface area contributed by atoms with Gasteiger partial charge >= 0.3 is 0 Å². The highest BCUT2D eigenvalue weighted by Gasteiger charge is 2.44. The molecule has 0 spiro atoms. The molecule has 154 valence electrons. The summed E-state index contributed by atoms with van der Waals surface area (Å²) < 4.78 is 13.7. The molecule has 0 radical (unpaired) electrons. The van der Waals surface area contributed by atoms with Crippen LogP contribution in [0.4, 0.5) is 15.8 Å². The van der Waals surface area contributed by atoms with Gasteiger partial charge in [-0.3, -0.25) is 9.59 Å². The van der Waals surface area contributed by atoms with Crippen molar-refractivity contribution in [3.05, 3.63) is 99.4 Å². The largest absolute Gasteiger partial charge is 0.336 e. The first-order valence-corrected chi connectivity index (χ1v) is 10.4. The minimum atomic E-state index is -0.621. The maximum absolute atomic E-state index is 13.7. The van der Waals surface area contributed by atoms with E-state index in [-0.39, 0.29) is 22.0 Å². The molecule has 0 aliphatic carbocycles. The van der Waals surface area contributed by atoms with E-state index in [1.165, 1.54) is 12.1 Å². The summed E-state index contributed by atoms with van der Waals surface area (Å²) in [7, 11) is 0. The Bertz CT molecular complexity index is 1270. The first kappa shape index (κ1) is 19.8. The molecule has 0 fully saturated rings. The number of hydrogen-bond donors (Lipinski definition) is 0. The van der Waals surface area contributed by atoms with Crippen molar-refractivity contribution in [3.8, 4) is 0 Å². The number of nitrogens with zero attached hydrogens (tertiary/aromatic N) is 2. The molecule has 0 unspecified atom stereocenters. The maximum atomic E-state index is 13.7. The van der Waals surface area contributed by atoms with Crippen LogP contribution in [0.5, 0.6) is 0 Å². The standard InChI is InChI=1S/C24H15Cl2FN2O2/c25-16-7-5-15(6-8-16)21-22(28-12-11-14-3-1-2-4-20(14)28)24(31)29(23(21)30)17-9-10-19(27)18(26)13-17/h1-10,13H,11-12H2. The summed E-state index contributed by atoms with van der Waals surface area (Å²) in [5.41, 5.74) is 3.36. The molecule has 2 aliphatic heterocycles. The van der Waals surface area contributed by atoms with Crippen molar-refractivity contribution in [3.63, 3.8) is 0 Å². The van der Waals surface area contributed by atoms with Crippen molar-refractivity contribution < 1.29 is 14.0 Å². The number of halogens is 3. The summed E-state index contributed by atoms with van der Waals surface area (Å²) in [5, 5.41) is 0.363. The van der Waals surface area contributed by atoms with Crippen LogP contribution in [0.25, 0.3) is 5.57 Å². The highest BCUT2D eigenvalue weighted by molar-refractivity contribution is 6.46. The fourth-order valence-corrected chi connectivity index (χ4v) is 4.38. The number of amides is 2. The van der Waals surface area contributed by atoms with Crippen LogP contribution < -0.4 is 9.80 Å². The molecule has 0 saturated carbocycles. The average molecular weight is 453 g/mol. The number of benzene rings is 3. The van der Waals surface area contributed by atoms with Crippen LogP contribution in [-0.4, -0.2) is 18.4 Å². The Morgan fingerprint density at radius 3 is 2.35 bits per heavy atom. The molecular formula is C24H15Cl2FN2O2. The molecule has 0 bridgehead atoms. The van der Waals surface area contributed by atoms with E-state index in [1.807, 2.05) is 29.2 Å². The fraction of sp³-hybridized carbons (Fsp3) is 0.0833. The monoisotopic (exact) mass is 452 g/mol. The van der Waals surface area contributed by atoms with E-state index in [0.717, 1.165) is 28.6 Å². The minimum Gasteiger partial charge on any atom is -0.336 e. The summed E-state index contributed by atoms with van der Waals surface area (Å²) in [4.78, 5) is 30.1. The molecular weight excluding hydrogens is 438 g/mol. The molecule has 4 nitrogen and oxygen atoms in total. The molecule has 2 amide bonds. The number of carbonyl (C=O) groups is 2. The van der Waals surface area contributed by atoms with Crippen molar-refractivity contribution in [2.75, 3.05) is 16.3 Å². The number of imide groups is 1. The number of hydrogen-bond acceptors (Lipinski definition) is 3. The topological polar surface area (TPSA) is 40.6 Å². The van der Waals surface area contributed by atoms with E-state index in [0.29, 0.717) is 17.1 Å². The zero-order chi connectivity index (χ0) is 21.7. The lowest BCUT2D eigenvalue weighted by molar-refractivity contribution is -0.120. The first-order valence-electron chi connectivity index (χ1n) is 9.65. The van der Waals surface area contributed by atoms with Crippen molar-refractivity contribution in [2.24, 2.45) is 0 Å². The molecule has 3 aromatic carbocycles. The van der Waals surface area contributed by atoms with E-state index in [2.05, 4.69) is 0 Å². The lowest BCUT2D eigenvalue weighted by atomic mass is 10.0. The Kier molecular flexibility index (Phi) is 4.80. The van der Waals surface area contributed by atoms with Crippen molar-refractivity contribution in [1.29, 1.82) is 0 Å². The quantitative estimate of drug-likeness (QED) is 0.494. The summed E-state index contributed by atoms with van der Waals surface area (Å²) >= 11 is 12.0. The first-order chi connectivity index (χ1) is 15.0. The van der Waals surface area contributed by atoms with Gasteiger partial charge in [0.2, 0.25) is 0 Å². The van der Waals surface area contributed by atoms with Crippen molar-refractivity contribution in [1.82, 2.24) is 0 Å².